The summed E-state index contributed by atoms with van der Waals surface area (Å²) in [6.45, 7) is 5.46. The molecule has 0 radical (unpaired) electrons. The summed E-state index contributed by atoms with van der Waals surface area (Å²) in [4.78, 5) is 0. The Morgan fingerprint density at radius 1 is 1.21 bits per heavy atom. The van der Waals surface area contributed by atoms with Crippen LogP contribution < -0.4 is 10.6 Å². The van der Waals surface area contributed by atoms with Crippen LogP contribution in [0.5, 0.6) is 0 Å². The Kier molecular flexibility index (Phi) is 4.19. The largest absolute Gasteiger partial charge is 0.376 e. The van der Waals surface area contributed by atoms with Crippen LogP contribution >= 0.6 is 0 Å². The topological polar surface area (TPSA) is 42.5 Å². The van der Waals surface area contributed by atoms with Crippen molar-refractivity contribution >= 4 is 0 Å². The van der Waals surface area contributed by atoms with Crippen LogP contribution in [0.2, 0.25) is 0 Å². The van der Waals surface area contributed by atoms with Crippen molar-refractivity contribution in [2.45, 2.75) is 25.0 Å². The SMILES string of the molecule is C1CC(NCC2COCCO2)CCN1. The highest BCUT2D eigenvalue weighted by Crippen LogP contribution is 2.04. The Morgan fingerprint density at radius 3 is 2.79 bits per heavy atom. The van der Waals surface area contributed by atoms with Gasteiger partial charge in [0.05, 0.1) is 25.9 Å². The van der Waals surface area contributed by atoms with Crippen LogP contribution in [0.3, 0.4) is 0 Å². The van der Waals surface area contributed by atoms with Gasteiger partial charge < -0.3 is 20.1 Å². The van der Waals surface area contributed by atoms with Crippen LogP contribution in [0.15, 0.2) is 0 Å². The summed E-state index contributed by atoms with van der Waals surface area (Å²) < 4.78 is 10.9. The highest BCUT2D eigenvalue weighted by molar-refractivity contribution is 4.76. The van der Waals surface area contributed by atoms with Crippen LogP contribution in [0, 0.1) is 0 Å². The van der Waals surface area contributed by atoms with Gasteiger partial charge in [-0.25, -0.2) is 0 Å². The second-order valence-corrected chi connectivity index (χ2v) is 4.00. The molecule has 14 heavy (non-hydrogen) atoms. The lowest BCUT2D eigenvalue weighted by atomic mass is 10.1. The number of nitrogens with one attached hydrogen (secondary N) is 2. The fourth-order valence-corrected chi connectivity index (χ4v) is 1.98. The van der Waals surface area contributed by atoms with Crippen LogP contribution in [-0.4, -0.2) is 51.6 Å². The molecule has 0 amide bonds. The van der Waals surface area contributed by atoms with Gasteiger partial charge in [-0.15, -0.1) is 0 Å². The fourth-order valence-electron chi connectivity index (χ4n) is 1.98. The highest BCUT2D eigenvalue weighted by atomic mass is 16.6. The first-order chi connectivity index (χ1) is 6.95. The van der Waals surface area contributed by atoms with Gasteiger partial charge in [0.25, 0.3) is 0 Å². The molecule has 2 aliphatic heterocycles. The molecule has 82 valence electrons. The third kappa shape index (κ3) is 3.20. The van der Waals surface area contributed by atoms with E-state index >= 15 is 0 Å². The lowest BCUT2D eigenvalue weighted by molar-refractivity contribution is -0.0872. The van der Waals surface area contributed by atoms with Gasteiger partial charge in [0.15, 0.2) is 0 Å². The van der Waals surface area contributed by atoms with E-state index in [1.54, 1.807) is 0 Å². The maximum atomic E-state index is 5.57. The number of piperidine rings is 1. The molecule has 4 heteroatoms. The third-order valence-electron chi connectivity index (χ3n) is 2.86. The second-order valence-electron chi connectivity index (χ2n) is 4.00. The predicted molar refractivity (Wildman–Crippen MR) is 54.5 cm³/mol. The highest BCUT2D eigenvalue weighted by Gasteiger charge is 2.17. The molecule has 1 atom stereocenters. The molecule has 0 aromatic heterocycles. The minimum absolute atomic E-state index is 0.263. The van der Waals surface area contributed by atoms with Crippen molar-refractivity contribution in [1.29, 1.82) is 0 Å². The smallest absolute Gasteiger partial charge is 0.0933 e. The first kappa shape index (κ1) is 10.4. The number of hydrogen-bond donors (Lipinski definition) is 2. The van der Waals surface area contributed by atoms with Crippen molar-refractivity contribution in [3.05, 3.63) is 0 Å². The molecule has 2 N–H and O–H groups in total. The standard InChI is InChI=1S/C10H20N2O2/c1-3-11-4-2-9(1)12-7-10-8-13-5-6-14-10/h9-12H,1-8H2. The van der Waals surface area contributed by atoms with Crippen molar-refractivity contribution in [2.24, 2.45) is 0 Å². The van der Waals surface area contributed by atoms with E-state index in [4.69, 9.17) is 9.47 Å². The second kappa shape index (κ2) is 5.66. The van der Waals surface area contributed by atoms with Crippen molar-refractivity contribution in [2.75, 3.05) is 39.5 Å². The Bertz CT molecular complexity index is 136. The van der Waals surface area contributed by atoms with Crippen molar-refractivity contribution in [3.8, 4) is 0 Å². The van der Waals surface area contributed by atoms with Gasteiger partial charge >= 0.3 is 0 Å². The van der Waals surface area contributed by atoms with Gasteiger partial charge in [0.2, 0.25) is 0 Å². The molecule has 2 fully saturated rings. The number of hydrogen-bond acceptors (Lipinski definition) is 4. The van der Waals surface area contributed by atoms with Crippen LogP contribution in [0.25, 0.3) is 0 Å². The normalized spacial score (nSPS) is 30.4. The summed E-state index contributed by atoms with van der Waals surface area (Å²) in [6.07, 6.45) is 2.72. The number of rotatable bonds is 3. The molecule has 0 bridgehead atoms. The first-order valence-electron chi connectivity index (χ1n) is 5.58. The van der Waals surface area contributed by atoms with Crippen LogP contribution in [-0.2, 0) is 9.47 Å². The van der Waals surface area contributed by atoms with Gasteiger partial charge in [0.1, 0.15) is 0 Å². The molecule has 2 heterocycles. The van der Waals surface area contributed by atoms with Crippen molar-refractivity contribution in [3.63, 3.8) is 0 Å². The molecule has 0 spiro atoms. The molecular formula is C10H20N2O2. The summed E-state index contributed by atoms with van der Waals surface area (Å²) >= 11 is 0. The quantitative estimate of drug-likeness (QED) is 0.659. The van der Waals surface area contributed by atoms with Gasteiger partial charge in [-0.05, 0) is 25.9 Å². The molecule has 1 unspecified atom stereocenters. The lowest BCUT2D eigenvalue weighted by Crippen LogP contribution is -2.45. The van der Waals surface area contributed by atoms with E-state index in [1.807, 2.05) is 0 Å². The fraction of sp³-hybridized carbons (Fsp3) is 1.00. The van der Waals surface area contributed by atoms with Gasteiger partial charge in [0, 0.05) is 12.6 Å². The summed E-state index contributed by atoms with van der Waals surface area (Å²) in [5.41, 5.74) is 0. The van der Waals surface area contributed by atoms with E-state index in [9.17, 15) is 0 Å². The Balaban J connectivity index is 1.60. The van der Waals surface area contributed by atoms with Crippen molar-refractivity contribution in [1.82, 2.24) is 10.6 Å². The zero-order valence-electron chi connectivity index (χ0n) is 8.63. The zero-order valence-corrected chi connectivity index (χ0v) is 8.63. The summed E-state index contributed by atoms with van der Waals surface area (Å²) in [5, 5.41) is 6.90. The van der Waals surface area contributed by atoms with E-state index < -0.39 is 0 Å². The Hall–Kier alpha value is -0.160. The minimum Gasteiger partial charge on any atom is -0.376 e. The average Bonchev–Trinajstić information content (AvgIpc) is 2.29. The van der Waals surface area contributed by atoms with E-state index in [0.717, 1.165) is 39.5 Å². The van der Waals surface area contributed by atoms with Gasteiger partial charge in [-0.1, -0.05) is 0 Å². The van der Waals surface area contributed by atoms with Crippen LogP contribution in [0.4, 0.5) is 0 Å². The Labute approximate surface area is 85.3 Å². The zero-order chi connectivity index (χ0) is 9.64. The van der Waals surface area contributed by atoms with Crippen molar-refractivity contribution < 1.29 is 9.47 Å². The van der Waals surface area contributed by atoms with E-state index in [2.05, 4.69) is 10.6 Å². The molecule has 2 aliphatic rings. The maximum Gasteiger partial charge on any atom is 0.0933 e. The molecule has 0 saturated carbocycles. The molecule has 0 aliphatic carbocycles. The van der Waals surface area contributed by atoms with Crippen LogP contribution in [0.1, 0.15) is 12.8 Å². The van der Waals surface area contributed by atoms with E-state index in [0.29, 0.717) is 6.04 Å². The lowest BCUT2D eigenvalue weighted by Gasteiger charge is -2.28. The molecular weight excluding hydrogens is 180 g/mol. The monoisotopic (exact) mass is 200 g/mol. The molecule has 2 saturated heterocycles. The molecule has 0 aromatic carbocycles. The van der Waals surface area contributed by atoms with E-state index in [1.165, 1.54) is 12.8 Å². The predicted octanol–water partition coefficient (Wildman–Crippen LogP) is -0.257. The third-order valence-corrected chi connectivity index (χ3v) is 2.86. The van der Waals surface area contributed by atoms with E-state index in [-0.39, 0.29) is 6.10 Å². The summed E-state index contributed by atoms with van der Waals surface area (Å²) in [6, 6.07) is 0.668. The van der Waals surface area contributed by atoms with Gasteiger partial charge in [-0.3, -0.25) is 0 Å². The summed E-state index contributed by atoms with van der Waals surface area (Å²) in [5.74, 6) is 0. The Morgan fingerprint density at radius 2 is 2.07 bits per heavy atom. The number of ether oxygens (including phenoxy) is 2. The summed E-state index contributed by atoms with van der Waals surface area (Å²) in [7, 11) is 0. The average molecular weight is 200 g/mol. The molecule has 0 aromatic rings. The minimum atomic E-state index is 0.263. The van der Waals surface area contributed by atoms with Gasteiger partial charge in [-0.2, -0.15) is 0 Å². The molecule has 2 rings (SSSR count). The maximum absolute atomic E-state index is 5.57. The first-order valence-corrected chi connectivity index (χ1v) is 5.58. The molecule has 4 nitrogen and oxygen atoms in total.